The zero-order chi connectivity index (χ0) is 20.4. The number of thiophene rings is 1. The molecule has 2 aromatic rings. The summed E-state index contributed by atoms with van der Waals surface area (Å²) in [6.07, 6.45) is 3.30. The fourth-order valence-electron chi connectivity index (χ4n) is 3.11. The van der Waals surface area contributed by atoms with E-state index in [2.05, 4.69) is 5.32 Å². The lowest BCUT2D eigenvalue weighted by Crippen LogP contribution is -2.18. The molecule has 3 rings (SSSR count). The third-order valence-electron chi connectivity index (χ3n) is 4.35. The molecule has 0 fully saturated rings. The molecule has 1 amide bonds. The van der Waals surface area contributed by atoms with Crippen molar-refractivity contribution in [2.24, 2.45) is 0 Å². The molecule has 1 heterocycles. The molecule has 1 aromatic carbocycles. The molecular formula is C19H19ClN2O5S. The summed E-state index contributed by atoms with van der Waals surface area (Å²) in [5.41, 5.74) is 1.04. The summed E-state index contributed by atoms with van der Waals surface area (Å²) in [5.74, 6) is -1.08. The second kappa shape index (κ2) is 8.28. The van der Waals surface area contributed by atoms with Gasteiger partial charge in [0, 0.05) is 17.0 Å². The van der Waals surface area contributed by atoms with Gasteiger partial charge in [-0.25, -0.2) is 4.79 Å². The summed E-state index contributed by atoms with van der Waals surface area (Å²) in [5, 5.41) is 14.2. The van der Waals surface area contributed by atoms with Crippen molar-refractivity contribution in [1.82, 2.24) is 0 Å². The number of benzene rings is 1. The maximum Gasteiger partial charge on any atom is 0.341 e. The third-order valence-corrected chi connectivity index (χ3v) is 5.89. The minimum absolute atomic E-state index is 0.0228. The Morgan fingerprint density at radius 2 is 2.00 bits per heavy atom. The van der Waals surface area contributed by atoms with Crippen LogP contribution in [0.15, 0.2) is 18.2 Å². The Morgan fingerprint density at radius 3 is 2.68 bits per heavy atom. The largest absolute Gasteiger partial charge is 0.459 e. The molecule has 0 spiro atoms. The molecule has 0 bridgehead atoms. The van der Waals surface area contributed by atoms with Crippen LogP contribution in [0.1, 0.15) is 57.8 Å². The Balaban J connectivity index is 1.97. The first-order valence-corrected chi connectivity index (χ1v) is 10.1. The molecule has 1 aromatic heterocycles. The van der Waals surface area contributed by atoms with Crippen LogP contribution in [0, 0.1) is 10.1 Å². The molecule has 0 saturated carbocycles. The number of fused-ring (bicyclic) bond motifs is 1. The summed E-state index contributed by atoms with van der Waals surface area (Å²) in [7, 11) is 0. The van der Waals surface area contributed by atoms with Crippen molar-refractivity contribution in [2.45, 2.75) is 45.6 Å². The lowest BCUT2D eigenvalue weighted by Gasteiger charge is -2.14. The van der Waals surface area contributed by atoms with E-state index >= 15 is 0 Å². The maximum absolute atomic E-state index is 12.8. The lowest BCUT2D eigenvalue weighted by molar-refractivity contribution is -0.384. The molecule has 1 aliphatic carbocycles. The van der Waals surface area contributed by atoms with E-state index < -0.39 is 16.8 Å². The normalized spacial score (nSPS) is 13.1. The van der Waals surface area contributed by atoms with Crippen molar-refractivity contribution in [3.05, 3.63) is 54.9 Å². The number of nitrogens with one attached hydrogen (secondary N) is 1. The second-order valence-corrected chi connectivity index (χ2v) is 8.26. The highest BCUT2D eigenvalue weighted by atomic mass is 35.5. The highest BCUT2D eigenvalue weighted by molar-refractivity contribution is 7.17. The Labute approximate surface area is 170 Å². The number of nitro benzene ring substituents is 1. The van der Waals surface area contributed by atoms with Crippen molar-refractivity contribution in [3.8, 4) is 0 Å². The fourth-order valence-corrected chi connectivity index (χ4v) is 4.59. The number of nitro groups is 1. The summed E-state index contributed by atoms with van der Waals surface area (Å²) in [6.45, 7) is 3.52. The van der Waals surface area contributed by atoms with Crippen molar-refractivity contribution in [3.63, 3.8) is 0 Å². The van der Waals surface area contributed by atoms with Gasteiger partial charge in [-0.3, -0.25) is 14.9 Å². The highest BCUT2D eigenvalue weighted by Gasteiger charge is 2.28. The summed E-state index contributed by atoms with van der Waals surface area (Å²) < 4.78 is 5.36. The number of hydrogen-bond donors (Lipinski definition) is 1. The Hall–Kier alpha value is -2.45. The van der Waals surface area contributed by atoms with Crippen LogP contribution < -0.4 is 5.32 Å². The van der Waals surface area contributed by atoms with E-state index in [1.165, 1.54) is 23.5 Å². The molecule has 28 heavy (non-hydrogen) atoms. The monoisotopic (exact) mass is 422 g/mol. The quantitative estimate of drug-likeness (QED) is 0.415. The van der Waals surface area contributed by atoms with Gasteiger partial charge in [-0.15, -0.1) is 11.3 Å². The van der Waals surface area contributed by atoms with Crippen LogP contribution in [0.5, 0.6) is 0 Å². The number of carbonyl (C=O) groups is 2. The number of hydrogen-bond acceptors (Lipinski definition) is 6. The first kappa shape index (κ1) is 20.3. The summed E-state index contributed by atoms with van der Waals surface area (Å²) in [4.78, 5) is 36.9. The fraction of sp³-hybridized carbons (Fsp3) is 0.368. The number of anilines is 1. The molecule has 148 valence electrons. The second-order valence-electron chi connectivity index (χ2n) is 6.74. The van der Waals surface area contributed by atoms with E-state index in [1.54, 1.807) is 13.8 Å². The number of aryl methyl sites for hydroxylation is 1. The molecule has 0 unspecified atom stereocenters. The van der Waals surface area contributed by atoms with E-state index in [0.29, 0.717) is 10.6 Å². The van der Waals surface area contributed by atoms with E-state index in [4.69, 9.17) is 16.3 Å². The van der Waals surface area contributed by atoms with Crippen LogP contribution in [0.25, 0.3) is 0 Å². The van der Waals surface area contributed by atoms with Gasteiger partial charge in [0.05, 0.1) is 27.2 Å². The Kier molecular flexibility index (Phi) is 6.00. The van der Waals surface area contributed by atoms with E-state index in [1.807, 2.05) is 0 Å². The Morgan fingerprint density at radius 1 is 1.29 bits per heavy atom. The number of rotatable bonds is 5. The van der Waals surface area contributed by atoms with Crippen LogP contribution in [-0.4, -0.2) is 22.9 Å². The van der Waals surface area contributed by atoms with Gasteiger partial charge >= 0.3 is 5.97 Å². The van der Waals surface area contributed by atoms with Gasteiger partial charge in [-0.1, -0.05) is 11.6 Å². The van der Waals surface area contributed by atoms with Crippen LogP contribution in [0.2, 0.25) is 5.02 Å². The molecule has 1 aliphatic rings. The lowest BCUT2D eigenvalue weighted by atomic mass is 9.95. The number of carbonyl (C=O) groups excluding carboxylic acids is 2. The maximum atomic E-state index is 12.8. The molecule has 0 atom stereocenters. The number of halogens is 1. The Bertz CT molecular complexity index is 954. The van der Waals surface area contributed by atoms with Gasteiger partial charge in [0.1, 0.15) is 5.00 Å². The van der Waals surface area contributed by atoms with Crippen LogP contribution in [0.4, 0.5) is 10.7 Å². The van der Waals surface area contributed by atoms with E-state index in [9.17, 15) is 19.7 Å². The predicted octanol–water partition coefficient (Wildman–Crippen LogP) is 5.01. The zero-order valence-electron chi connectivity index (χ0n) is 15.4. The first-order valence-electron chi connectivity index (χ1n) is 8.88. The van der Waals surface area contributed by atoms with Crippen molar-refractivity contribution in [1.29, 1.82) is 0 Å². The summed E-state index contributed by atoms with van der Waals surface area (Å²) in [6, 6.07) is 3.66. The number of ether oxygens (including phenoxy) is 1. The molecular weight excluding hydrogens is 404 g/mol. The number of non-ortho nitro benzene ring substituents is 1. The number of amides is 1. The van der Waals surface area contributed by atoms with Gasteiger partial charge in [0.25, 0.3) is 11.6 Å². The summed E-state index contributed by atoms with van der Waals surface area (Å²) >= 11 is 7.41. The van der Waals surface area contributed by atoms with Crippen LogP contribution in [0.3, 0.4) is 0 Å². The van der Waals surface area contributed by atoms with Crippen molar-refractivity contribution in [2.75, 3.05) is 5.32 Å². The third kappa shape index (κ3) is 4.18. The topological polar surface area (TPSA) is 98.5 Å². The number of esters is 1. The molecule has 0 saturated heterocycles. The predicted molar refractivity (Wildman–Crippen MR) is 108 cm³/mol. The van der Waals surface area contributed by atoms with Gasteiger partial charge in [-0.2, -0.15) is 0 Å². The smallest absolute Gasteiger partial charge is 0.341 e. The van der Waals surface area contributed by atoms with E-state index in [0.717, 1.165) is 42.2 Å². The minimum atomic E-state index is -0.606. The SMILES string of the molecule is CC(C)OC(=O)c1c(NC(=O)c2cc([N+](=O)[O-])ccc2Cl)sc2c1CCCC2. The van der Waals surface area contributed by atoms with Gasteiger partial charge in [0.2, 0.25) is 0 Å². The zero-order valence-corrected chi connectivity index (χ0v) is 17.0. The van der Waals surface area contributed by atoms with E-state index in [-0.39, 0.29) is 22.4 Å². The van der Waals surface area contributed by atoms with Gasteiger partial charge < -0.3 is 10.1 Å². The van der Waals surface area contributed by atoms with Crippen LogP contribution in [-0.2, 0) is 17.6 Å². The average Bonchev–Trinajstić information content (AvgIpc) is 2.98. The molecule has 0 aliphatic heterocycles. The molecule has 0 radical (unpaired) electrons. The number of nitrogens with zero attached hydrogens (tertiary/aromatic N) is 1. The average molecular weight is 423 g/mol. The van der Waals surface area contributed by atoms with Gasteiger partial charge in [0.15, 0.2) is 0 Å². The minimum Gasteiger partial charge on any atom is -0.459 e. The molecule has 7 nitrogen and oxygen atoms in total. The van der Waals surface area contributed by atoms with Crippen LogP contribution >= 0.6 is 22.9 Å². The van der Waals surface area contributed by atoms with Crippen molar-refractivity contribution < 1.29 is 19.2 Å². The van der Waals surface area contributed by atoms with Gasteiger partial charge in [-0.05, 0) is 51.2 Å². The highest BCUT2D eigenvalue weighted by Crippen LogP contribution is 2.39. The van der Waals surface area contributed by atoms with Crippen molar-refractivity contribution >= 4 is 45.5 Å². The molecule has 1 N–H and O–H groups in total. The first-order chi connectivity index (χ1) is 13.3. The molecule has 9 heteroatoms. The standard InChI is InChI=1S/C19H19ClN2O5S/c1-10(2)27-19(24)16-12-5-3-4-6-15(12)28-18(16)21-17(23)13-9-11(22(25)26)7-8-14(13)20/h7-10H,3-6H2,1-2H3,(H,21,23).